The van der Waals surface area contributed by atoms with Gasteiger partial charge >= 0.3 is 0 Å². The predicted molar refractivity (Wildman–Crippen MR) is 133 cm³/mol. The maximum atomic E-state index is 13.7. The van der Waals surface area contributed by atoms with E-state index in [1.165, 1.54) is 5.56 Å². The number of fused-ring (bicyclic) bond motifs is 3. The normalized spacial score (nSPS) is 16.3. The van der Waals surface area contributed by atoms with Crippen LogP contribution in [0.3, 0.4) is 0 Å². The van der Waals surface area contributed by atoms with Gasteiger partial charge in [0.2, 0.25) is 5.91 Å². The van der Waals surface area contributed by atoms with Gasteiger partial charge < -0.3 is 14.8 Å². The highest BCUT2D eigenvalue weighted by molar-refractivity contribution is 5.99. The van der Waals surface area contributed by atoms with Gasteiger partial charge in [0.05, 0.1) is 11.4 Å². The fraction of sp³-hybridized carbons (Fsp3) is 0.444. The standard InChI is InChI=1S/C27H33N5O/c1-3-4-7-24-29-22-13-17-32(23-10-9-19(2)18-21(23)26(22)30-24)27(33)20-11-15-31(16-12-20)25-8-5-6-14-28-25/h5-6,8-10,14,18,20H,3-4,7,11-13,15-17H2,1-2H3,(H,29,30). The number of rotatable bonds is 5. The van der Waals surface area contributed by atoms with E-state index >= 15 is 0 Å². The molecule has 1 saturated heterocycles. The number of hydrogen-bond donors (Lipinski definition) is 1. The van der Waals surface area contributed by atoms with Crippen molar-refractivity contribution in [1.82, 2.24) is 15.0 Å². The number of nitrogens with zero attached hydrogens (tertiary/aromatic N) is 4. The van der Waals surface area contributed by atoms with Crippen LogP contribution in [0, 0.1) is 12.8 Å². The van der Waals surface area contributed by atoms with Gasteiger partial charge in [-0.05, 0) is 50.5 Å². The van der Waals surface area contributed by atoms with Gasteiger partial charge in [-0.1, -0.05) is 31.0 Å². The van der Waals surface area contributed by atoms with Crippen LogP contribution in [0.25, 0.3) is 11.3 Å². The molecule has 5 rings (SSSR count). The van der Waals surface area contributed by atoms with Crippen molar-refractivity contribution in [3.05, 3.63) is 59.7 Å². The number of imidazole rings is 1. The average molecular weight is 444 g/mol. The van der Waals surface area contributed by atoms with Crippen molar-refractivity contribution in [3.63, 3.8) is 0 Å². The number of hydrogen-bond acceptors (Lipinski definition) is 4. The van der Waals surface area contributed by atoms with Crippen LogP contribution in [0.1, 0.15) is 49.7 Å². The van der Waals surface area contributed by atoms with Crippen molar-refractivity contribution in [2.24, 2.45) is 5.92 Å². The Morgan fingerprint density at radius 1 is 1.15 bits per heavy atom. The minimum absolute atomic E-state index is 0.0450. The maximum absolute atomic E-state index is 13.7. The van der Waals surface area contributed by atoms with Crippen LogP contribution in [-0.2, 0) is 17.6 Å². The molecular weight excluding hydrogens is 410 g/mol. The quantitative estimate of drug-likeness (QED) is 0.607. The van der Waals surface area contributed by atoms with E-state index < -0.39 is 0 Å². The molecule has 6 nitrogen and oxygen atoms in total. The van der Waals surface area contributed by atoms with Crippen molar-refractivity contribution in [3.8, 4) is 11.3 Å². The summed E-state index contributed by atoms with van der Waals surface area (Å²) in [5.74, 6) is 2.36. The molecule has 3 aromatic rings. The number of carbonyl (C=O) groups is 1. The van der Waals surface area contributed by atoms with Crippen molar-refractivity contribution in [2.75, 3.05) is 29.4 Å². The van der Waals surface area contributed by atoms with E-state index in [9.17, 15) is 4.79 Å². The lowest BCUT2D eigenvalue weighted by molar-refractivity contribution is -0.123. The molecule has 33 heavy (non-hydrogen) atoms. The number of pyridine rings is 1. The minimum Gasteiger partial charge on any atom is -0.357 e. The monoisotopic (exact) mass is 443 g/mol. The molecule has 1 fully saturated rings. The second-order valence-electron chi connectivity index (χ2n) is 9.32. The molecule has 0 radical (unpaired) electrons. The van der Waals surface area contributed by atoms with Gasteiger partial charge in [-0.2, -0.15) is 0 Å². The number of aryl methyl sites for hydroxylation is 2. The largest absolute Gasteiger partial charge is 0.357 e. The highest BCUT2D eigenvalue weighted by Gasteiger charge is 2.33. The molecular formula is C27H33N5O. The third-order valence-corrected chi connectivity index (χ3v) is 6.96. The number of aromatic nitrogens is 3. The number of carbonyl (C=O) groups excluding carboxylic acids is 1. The smallest absolute Gasteiger partial charge is 0.230 e. The van der Waals surface area contributed by atoms with E-state index in [0.29, 0.717) is 6.54 Å². The Morgan fingerprint density at radius 2 is 2.00 bits per heavy atom. The Balaban J connectivity index is 1.37. The summed E-state index contributed by atoms with van der Waals surface area (Å²) in [5.41, 5.74) is 5.47. The molecule has 0 atom stereocenters. The van der Waals surface area contributed by atoms with E-state index in [2.05, 4.69) is 46.9 Å². The highest BCUT2D eigenvalue weighted by atomic mass is 16.2. The zero-order chi connectivity index (χ0) is 22.8. The highest BCUT2D eigenvalue weighted by Crippen LogP contribution is 2.37. The summed E-state index contributed by atoms with van der Waals surface area (Å²) in [6, 6.07) is 12.4. The number of nitrogens with one attached hydrogen (secondary N) is 1. The second kappa shape index (κ2) is 9.38. The summed E-state index contributed by atoms with van der Waals surface area (Å²) >= 11 is 0. The lowest BCUT2D eigenvalue weighted by atomic mass is 9.94. The molecule has 172 valence electrons. The maximum Gasteiger partial charge on any atom is 0.230 e. The van der Waals surface area contributed by atoms with E-state index in [-0.39, 0.29) is 11.8 Å². The number of H-pyrrole nitrogens is 1. The number of anilines is 2. The Bertz CT molecular complexity index is 1110. The molecule has 4 heterocycles. The fourth-order valence-corrected chi connectivity index (χ4v) is 5.09. The number of piperidine rings is 1. The first-order valence-corrected chi connectivity index (χ1v) is 12.3. The molecule has 2 aromatic heterocycles. The summed E-state index contributed by atoms with van der Waals surface area (Å²) in [7, 11) is 0. The predicted octanol–water partition coefficient (Wildman–Crippen LogP) is 4.93. The van der Waals surface area contributed by atoms with E-state index in [4.69, 9.17) is 4.98 Å². The Kier molecular flexibility index (Phi) is 6.16. The van der Waals surface area contributed by atoms with Gasteiger partial charge in [-0.25, -0.2) is 9.97 Å². The van der Waals surface area contributed by atoms with Crippen molar-refractivity contribution >= 4 is 17.4 Å². The van der Waals surface area contributed by atoms with Gasteiger partial charge in [-0.15, -0.1) is 0 Å². The number of unbranched alkanes of at least 4 members (excludes halogenated alkanes) is 1. The summed E-state index contributed by atoms with van der Waals surface area (Å²) in [5, 5.41) is 0. The first-order valence-electron chi connectivity index (χ1n) is 12.3. The lowest BCUT2D eigenvalue weighted by Crippen LogP contribution is -2.43. The number of benzene rings is 1. The SMILES string of the molecule is CCCCc1nc2c([nH]1)CCN(C(=O)C1CCN(c3ccccn3)CC1)c1ccc(C)cc1-2. The van der Waals surface area contributed by atoms with Crippen LogP contribution < -0.4 is 9.80 Å². The fourth-order valence-electron chi connectivity index (χ4n) is 5.09. The topological polar surface area (TPSA) is 65.1 Å². The summed E-state index contributed by atoms with van der Waals surface area (Å²) in [4.78, 5) is 31.1. The molecule has 2 aliphatic heterocycles. The molecule has 0 unspecified atom stereocenters. The third kappa shape index (κ3) is 4.39. The molecule has 2 aliphatic rings. The molecule has 0 aliphatic carbocycles. The first-order chi connectivity index (χ1) is 16.1. The number of amides is 1. The van der Waals surface area contributed by atoms with Crippen LogP contribution in [0.4, 0.5) is 11.5 Å². The van der Waals surface area contributed by atoms with Crippen LogP contribution >= 0.6 is 0 Å². The van der Waals surface area contributed by atoms with Gasteiger partial charge in [0.25, 0.3) is 0 Å². The van der Waals surface area contributed by atoms with Crippen molar-refractivity contribution in [2.45, 2.75) is 52.4 Å². The lowest BCUT2D eigenvalue weighted by Gasteiger charge is -2.35. The van der Waals surface area contributed by atoms with Crippen LogP contribution in [0.15, 0.2) is 42.6 Å². The third-order valence-electron chi connectivity index (χ3n) is 6.96. The van der Waals surface area contributed by atoms with Crippen molar-refractivity contribution in [1.29, 1.82) is 0 Å². The summed E-state index contributed by atoms with van der Waals surface area (Å²) in [6.45, 7) is 6.73. The Hall–Kier alpha value is -3.15. The van der Waals surface area contributed by atoms with Crippen LogP contribution in [0.5, 0.6) is 0 Å². The zero-order valence-corrected chi connectivity index (χ0v) is 19.7. The number of aromatic amines is 1. The van der Waals surface area contributed by atoms with Gasteiger partial charge in [0.1, 0.15) is 11.6 Å². The zero-order valence-electron chi connectivity index (χ0n) is 19.7. The molecule has 1 aromatic carbocycles. The average Bonchev–Trinajstić information content (AvgIpc) is 3.20. The van der Waals surface area contributed by atoms with Gasteiger partial charge in [0.15, 0.2) is 0 Å². The van der Waals surface area contributed by atoms with E-state index in [0.717, 1.165) is 85.9 Å². The van der Waals surface area contributed by atoms with Crippen molar-refractivity contribution < 1.29 is 4.79 Å². The first kappa shape index (κ1) is 21.7. The molecule has 1 N–H and O–H groups in total. The Morgan fingerprint density at radius 3 is 2.76 bits per heavy atom. The van der Waals surface area contributed by atoms with Crippen LogP contribution in [0.2, 0.25) is 0 Å². The molecule has 1 amide bonds. The molecule has 0 spiro atoms. The minimum atomic E-state index is 0.0450. The molecule has 0 bridgehead atoms. The summed E-state index contributed by atoms with van der Waals surface area (Å²) in [6.07, 6.45) is 7.62. The van der Waals surface area contributed by atoms with E-state index in [1.807, 2.05) is 29.3 Å². The van der Waals surface area contributed by atoms with E-state index in [1.54, 1.807) is 0 Å². The molecule has 0 saturated carbocycles. The second-order valence-corrected chi connectivity index (χ2v) is 9.32. The molecule has 6 heteroatoms. The Labute approximate surface area is 196 Å². The van der Waals surface area contributed by atoms with Gasteiger partial charge in [-0.3, -0.25) is 4.79 Å². The van der Waals surface area contributed by atoms with Gasteiger partial charge in [0, 0.05) is 55.8 Å². The van der Waals surface area contributed by atoms with Crippen LogP contribution in [-0.4, -0.2) is 40.5 Å². The summed E-state index contributed by atoms with van der Waals surface area (Å²) < 4.78 is 0.